The Morgan fingerprint density at radius 2 is 1.38 bits per heavy atom. The third-order valence-corrected chi connectivity index (χ3v) is 12.6. The monoisotopic (exact) mass is 487 g/mol. The van der Waals surface area contributed by atoms with Gasteiger partial charge in [-0.2, -0.15) is 0 Å². The lowest BCUT2D eigenvalue weighted by molar-refractivity contribution is -0.116. The summed E-state index contributed by atoms with van der Waals surface area (Å²) in [6.07, 6.45) is 2.85. The molecule has 0 heterocycles. The van der Waals surface area contributed by atoms with Gasteiger partial charge in [-0.1, -0.05) is 32.0 Å². The van der Waals surface area contributed by atoms with Crippen molar-refractivity contribution in [1.29, 1.82) is 0 Å². The molecule has 0 aliphatic rings. The van der Waals surface area contributed by atoms with Crippen LogP contribution in [0, 0.1) is 39.4 Å². The highest BCUT2D eigenvalue weighted by Crippen LogP contribution is 2.65. The van der Waals surface area contributed by atoms with Crippen LogP contribution in [0.3, 0.4) is 0 Å². The highest BCUT2D eigenvalue weighted by molar-refractivity contribution is 7.78. The van der Waals surface area contributed by atoms with E-state index in [0.717, 1.165) is 35.6 Å². The van der Waals surface area contributed by atoms with Gasteiger partial charge in [-0.3, -0.25) is 9.59 Å². The number of rotatable bonds is 10. The molecule has 0 aliphatic heterocycles. The van der Waals surface area contributed by atoms with Crippen LogP contribution in [0.5, 0.6) is 0 Å². The zero-order chi connectivity index (χ0) is 25.6. The highest BCUT2D eigenvalue weighted by Gasteiger charge is 2.51. The summed E-state index contributed by atoms with van der Waals surface area (Å²) >= 11 is 0. The molecule has 0 saturated heterocycles. The number of hydrogen-bond acceptors (Lipinski definition) is 2. The molecule has 186 valence electrons. The predicted octanol–water partition coefficient (Wildman–Crippen LogP) is 7.11. The van der Waals surface area contributed by atoms with Crippen molar-refractivity contribution < 1.29 is 14.0 Å². The Morgan fingerprint density at radius 3 is 1.85 bits per heavy atom. The van der Waals surface area contributed by atoms with Gasteiger partial charge >= 0.3 is 0 Å². The first kappa shape index (κ1) is 28.0. The molecule has 0 saturated carbocycles. The maximum absolute atomic E-state index is 13.8. The molecule has 0 fully saturated rings. The van der Waals surface area contributed by atoms with Crippen LogP contribution in [0.25, 0.3) is 0 Å². The fourth-order valence-corrected chi connectivity index (χ4v) is 9.37. The summed E-state index contributed by atoms with van der Waals surface area (Å²) in [5, 5.41) is 6.27. The predicted molar refractivity (Wildman–Crippen MR) is 145 cm³/mol. The van der Waals surface area contributed by atoms with Gasteiger partial charge in [0.2, 0.25) is 0 Å². The standard InChI is InChI=1S/C28H40FN2O2P/c1-9-18(4)27(28(33)31-26-21(7)15-23(29)16-22(26)8)34(10-2,11-3)17-24(32)30-25-19(5)13-12-14-20(25)6/h12-16,18,27H,9-11,17H2,1-8H3,(H-,30,31,32,33)/p+1. The van der Waals surface area contributed by atoms with Crippen LogP contribution in [0.4, 0.5) is 15.8 Å². The summed E-state index contributed by atoms with van der Waals surface area (Å²) < 4.78 is 13.8. The van der Waals surface area contributed by atoms with E-state index in [9.17, 15) is 14.0 Å². The van der Waals surface area contributed by atoms with Crippen molar-refractivity contribution in [2.24, 2.45) is 5.92 Å². The highest BCUT2D eigenvalue weighted by atomic mass is 31.2. The second kappa shape index (κ2) is 11.9. The van der Waals surface area contributed by atoms with E-state index in [0.29, 0.717) is 23.0 Å². The molecular formula is C28H41FN2O2P+. The normalized spacial score (nSPS) is 13.3. The van der Waals surface area contributed by atoms with Crippen LogP contribution in [0.15, 0.2) is 30.3 Å². The molecule has 4 nitrogen and oxygen atoms in total. The lowest BCUT2D eigenvalue weighted by Gasteiger charge is -2.35. The Labute approximate surface area is 205 Å². The van der Waals surface area contributed by atoms with E-state index in [2.05, 4.69) is 38.3 Å². The Kier molecular flexibility index (Phi) is 9.82. The first-order valence-electron chi connectivity index (χ1n) is 12.3. The van der Waals surface area contributed by atoms with Gasteiger partial charge in [-0.05, 0) is 82.3 Å². The second-order valence-corrected chi connectivity index (χ2v) is 14.1. The molecule has 2 atom stereocenters. The zero-order valence-corrected chi connectivity index (χ0v) is 22.9. The topological polar surface area (TPSA) is 58.2 Å². The lowest BCUT2D eigenvalue weighted by atomic mass is 10.0. The molecule has 34 heavy (non-hydrogen) atoms. The number of para-hydroxylation sites is 1. The Hall–Kier alpha value is -2.26. The Bertz CT molecular complexity index is 990. The minimum absolute atomic E-state index is 0.0234. The van der Waals surface area contributed by atoms with Crippen molar-refractivity contribution in [3.8, 4) is 0 Å². The van der Waals surface area contributed by atoms with Gasteiger partial charge in [-0.25, -0.2) is 4.39 Å². The summed E-state index contributed by atoms with van der Waals surface area (Å²) in [5.74, 6) is -0.255. The molecule has 0 spiro atoms. The lowest BCUT2D eigenvalue weighted by Crippen LogP contribution is -2.40. The minimum atomic E-state index is -2.00. The number of benzene rings is 2. The number of nitrogens with one attached hydrogen (secondary N) is 2. The molecule has 6 heteroatoms. The molecule has 2 unspecified atom stereocenters. The number of anilines is 2. The quantitative estimate of drug-likeness (QED) is 0.351. The number of hydrogen-bond donors (Lipinski definition) is 2. The number of halogens is 1. The van der Waals surface area contributed by atoms with Gasteiger partial charge in [0, 0.05) is 24.6 Å². The molecular weight excluding hydrogens is 446 g/mol. The average molecular weight is 488 g/mol. The molecule has 2 aromatic carbocycles. The van der Waals surface area contributed by atoms with E-state index >= 15 is 0 Å². The molecule has 0 aliphatic carbocycles. The summed E-state index contributed by atoms with van der Waals surface area (Å²) in [6.45, 7) is 16.0. The number of amides is 2. The van der Waals surface area contributed by atoms with E-state index in [1.165, 1.54) is 12.1 Å². The molecule has 2 aromatic rings. The molecule has 2 rings (SSSR count). The molecule has 2 amide bonds. The van der Waals surface area contributed by atoms with Crippen molar-refractivity contribution in [2.45, 2.75) is 67.5 Å². The van der Waals surface area contributed by atoms with Crippen LogP contribution in [0.2, 0.25) is 0 Å². The van der Waals surface area contributed by atoms with Crippen LogP contribution in [-0.2, 0) is 9.59 Å². The van der Waals surface area contributed by atoms with Crippen molar-refractivity contribution in [2.75, 3.05) is 29.1 Å². The van der Waals surface area contributed by atoms with E-state index in [4.69, 9.17) is 0 Å². The van der Waals surface area contributed by atoms with Gasteiger partial charge in [0.15, 0.2) is 5.66 Å². The molecule has 0 radical (unpaired) electrons. The van der Waals surface area contributed by atoms with Gasteiger partial charge < -0.3 is 10.6 Å². The van der Waals surface area contributed by atoms with Gasteiger partial charge in [0.1, 0.15) is 12.0 Å². The van der Waals surface area contributed by atoms with E-state index in [1.807, 2.05) is 45.9 Å². The number of carbonyl (C=O) groups is 2. The van der Waals surface area contributed by atoms with Crippen LogP contribution >= 0.6 is 7.26 Å². The summed E-state index contributed by atoms with van der Waals surface area (Å²) in [5.41, 5.74) is 4.76. The van der Waals surface area contributed by atoms with E-state index in [1.54, 1.807) is 0 Å². The Morgan fingerprint density at radius 1 is 0.882 bits per heavy atom. The second-order valence-electron chi connectivity index (χ2n) is 9.56. The fourth-order valence-electron chi connectivity index (χ4n) is 4.99. The van der Waals surface area contributed by atoms with Crippen molar-refractivity contribution in [3.05, 3.63) is 58.4 Å². The fraction of sp³-hybridized carbons (Fsp3) is 0.500. The largest absolute Gasteiger partial charge is 0.322 e. The average Bonchev–Trinajstić information content (AvgIpc) is 2.78. The third-order valence-electron chi connectivity index (χ3n) is 7.25. The Balaban J connectivity index is 2.40. The first-order valence-corrected chi connectivity index (χ1v) is 14.7. The molecule has 0 bridgehead atoms. The van der Waals surface area contributed by atoms with Crippen LogP contribution in [0.1, 0.15) is 56.4 Å². The molecule has 2 N–H and O–H groups in total. The van der Waals surface area contributed by atoms with Crippen molar-refractivity contribution in [1.82, 2.24) is 0 Å². The maximum Gasteiger partial charge on any atom is 0.265 e. The van der Waals surface area contributed by atoms with Crippen LogP contribution in [-0.4, -0.2) is 36.0 Å². The van der Waals surface area contributed by atoms with Crippen molar-refractivity contribution >= 4 is 30.5 Å². The van der Waals surface area contributed by atoms with Gasteiger partial charge in [-0.15, -0.1) is 0 Å². The zero-order valence-electron chi connectivity index (χ0n) is 22.0. The first-order chi connectivity index (χ1) is 16.0. The van der Waals surface area contributed by atoms with E-state index in [-0.39, 0.29) is 29.2 Å². The number of carbonyl (C=O) groups excluding carboxylic acids is 2. The third kappa shape index (κ3) is 6.24. The van der Waals surface area contributed by atoms with E-state index < -0.39 is 7.26 Å². The summed E-state index contributed by atoms with van der Waals surface area (Å²) in [4.78, 5) is 27.1. The van der Waals surface area contributed by atoms with Gasteiger partial charge in [0.25, 0.3) is 11.8 Å². The SMILES string of the molecule is CCC(C)C(C(=O)Nc1c(C)cc(F)cc1C)[P+](CC)(CC)CC(=O)Nc1c(C)cccc1C. The summed E-state index contributed by atoms with van der Waals surface area (Å²) in [7, 11) is -2.00. The smallest absolute Gasteiger partial charge is 0.265 e. The van der Waals surface area contributed by atoms with Crippen LogP contribution < -0.4 is 10.6 Å². The summed E-state index contributed by atoms with van der Waals surface area (Å²) in [6, 6.07) is 8.86. The maximum atomic E-state index is 13.8. The number of aryl methyl sites for hydroxylation is 4. The van der Waals surface area contributed by atoms with Crippen molar-refractivity contribution in [3.63, 3.8) is 0 Å². The minimum Gasteiger partial charge on any atom is -0.322 e. The molecule has 0 aromatic heterocycles. The van der Waals surface area contributed by atoms with Gasteiger partial charge in [0.05, 0.1) is 12.3 Å².